The SMILES string of the molecule is Cn1c(=O)c(=O)n(CCCCCBr)c2ccc([N+](=O)[O-])cc21. The molecule has 0 saturated carbocycles. The number of hydrogen-bond donors (Lipinski definition) is 0. The van der Waals surface area contributed by atoms with Gasteiger partial charge < -0.3 is 9.13 Å². The molecule has 0 aliphatic carbocycles. The molecule has 1 heterocycles. The highest BCUT2D eigenvalue weighted by Gasteiger charge is 2.14. The van der Waals surface area contributed by atoms with Crippen molar-refractivity contribution in [2.24, 2.45) is 7.05 Å². The lowest BCUT2D eigenvalue weighted by atomic mass is 10.2. The summed E-state index contributed by atoms with van der Waals surface area (Å²) in [6.45, 7) is 0.427. The van der Waals surface area contributed by atoms with Crippen LogP contribution in [0, 0.1) is 10.1 Å². The number of alkyl halides is 1. The molecule has 2 aromatic rings. The minimum Gasteiger partial charge on any atom is -0.305 e. The second kappa shape index (κ2) is 6.87. The van der Waals surface area contributed by atoms with Gasteiger partial charge in [0.25, 0.3) is 5.69 Å². The van der Waals surface area contributed by atoms with Crippen molar-refractivity contribution in [3.8, 4) is 0 Å². The smallest absolute Gasteiger partial charge is 0.305 e. The van der Waals surface area contributed by atoms with Crippen LogP contribution in [0.4, 0.5) is 5.69 Å². The Morgan fingerprint density at radius 3 is 2.50 bits per heavy atom. The zero-order chi connectivity index (χ0) is 16.3. The number of aryl methyl sites for hydroxylation is 2. The fraction of sp³-hybridized carbons (Fsp3) is 0.429. The first-order valence-electron chi connectivity index (χ1n) is 6.91. The van der Waals surface area contributed by atoms with E-state index in [9.17, 15) is 19.7 Å². The predicted molar refractivity (Wildman–Crippen MR) is 87.7 cm³/mol. The van der Waals surface area contributed by atoms with Crippen molar-refractivity contribution < 1.29 is 4.92 Å². The van der Waals surface area contributed by atoms with E-state index in [2.05, 4.69) is 15.9 Å². The second-order valence-corrected chi connectivity index (χ2v) is 5.79. The standard InChI is InChI=1S/C14H16BrN3O4/c1-16-12-9-10(18(21)22)5-6-11(12)17(14(20)13(16)19)8-4-2-3-7-15/h5-6,9H,2-4,7-8H2,1H3. The van der Waals surface area contributed by atoms with Crippen LogP contribution < -0.4 is 11.1 Å². The zero-order valence-corrected chi connectivity index (χ0v) is 13.7. The summed E-state index contributed by atoms with van der Waals surface area (Å²) in [6.07, 6.45) is 2.69. The normalized spacial score (nSPS) is 11.0. The Hall–Kier alpha value is -1.96. The van der Waals surface area contributed by atoms with Crippen LogP contribution in [0.2, 0.25) is 0 Å². The van der Waals surface area contributed by atoms with Crippen LogP contribution in [0.5, 0.6) is 0 Å². The van der Waals surface area contributed by atoms with Crippen molar-refractivity contribution in [3.05, 3.63) is 49.0 Å². The molecule has 2 rings (SSSR count). The molecule has 0 aliphatic rings. The van der Waals surface area contributed by atoms with Crippen molar-refractivity contribution in [2.75, 3.05) is 5.33 Å². The fourth-order valence-electron chi connectivity index (χ4n) is 2.36. The largest absolute Gasteiger partial charge is 0.316 e. The lowest BCUT2D eigenvalue weighted by molar-refractivity contribution is -0.384. The van der Waals surface area contributed by atoms with Crippen LogP contribution in [-0.4, -0.2) is 19.4 Å². The molecule has 0 radical (unpaired) electrons. The summed E-state index contributed by atoms with van der Waals surface area (Å²) in [7, 11) is 1.45. The van der Waals surface area contributed by atoms with Crippen LogP contribution in [0.1, 0.15) is 19.3 Å². The monoisotopic (exact) mass is 369 g/mol. The molecule has 0 unspecified atom stereocenters. The Kier molecular flexibility index (Phi) is 5.12. The van der Waals surface area contributed by atoms with E-state index in [0.29, 0.717) is 17.6 Å². The third-order valence-corrected chi connectivity index (χ3v) is 4.13. The highest BCUT2D eigenvalue weighted by molar-refractivity contribution is 9.09. The van der Waals surface area contributed by atoms with Crippen LogP contribution in [0.15, 0.2) is 27.8 Å². The number of aromatic nitrogens is 2. The molecule has 118 valence electrons. The van der Waals surface area contributed by atoms with E-state index in [1.54, 1.807) is 0 Å². The van der Waals surface area contributed by atoms with E-state index in [1.807, 2.05) is 0 Å². The van der Waals surface area contributed by atoms with E-state index in [4.69, 9.17) is 0 Å². The Balaban J connectivity index is 2.57. The minimum absolute atomic E-state index is 0.105. The second-order valence-electron chi connectivity index (χ2n) is 5.00. The molecular weight excluding hydrogens is 354 g/mol. The van der Waals surface area contributed by atoms with Gasteiger partial charge in [0.2, 0.25) is 0 Å². The first kappa shape index (κ1) is 16.4. The quantitative estimate of drug-likeness (QED) is 0.256. The summed E-state index contributed by atoms with van der Waals surface area (Å²) in [5, 5.41) is 11.8. The van der Waals surface area contributed by atoms with Gasteiger partial charge in [-0.25, -0.2) is 0 Å². The number of non-ortho nitro benzene ring substituents is 1. The Labute approximate surface area is 134 Å². The molecule has 0 amide bonds. The lowest BCUT2D eigenvalue weighted by Gasteiger charge is -2.12. The minimum atomic E-state index is -0.673. The van der Waals surface area contributed by atoms with E-state index in [1.165, 1.54) is 34.4 Å². The average Bonchev–Trinajstić information content (AvgIpc) is 2.51. The third-order valence-electron chi connectivity index (χ3n) is 3.57. The van der Waals surface area contributed by atoms with Gasteiger partial charge in [0.05, 0.1) is 16.0 Å². The molecule has 0 spiro atoms. The van der Waals surface area contributed by atoms with Gasteiger partial charge in [0.15, 0.2) is 0 Å². The number of hydrogen-bond acceptors (Lipinski definition) is 4. The number of unbranched alkanes of at least 4 members (excludes halogenated alkanes) is 2. The molecule has 7 nitrogen and oxygen atoms in total. The van der Waals surface area contributed by atoms with E-state index in [0.717, 1.165) is 24.6 Å². The van der Waals surface area contributed by atoms with Gasteiger partial charge in [-0.15, -0.1) is 0 Å². The molecular formula is C14H16BrN3O4. The molecule has 22 heavy (non-hydrogen) atoms. The van der Waals surface area contributed by atoms with Gasteiger partial charge in [-0.3, -0.25) is 19.7 Å². The topological polar surface area (TPSA) is 87.1 Å². The number of fused-ring (bicyclic) bond motifs is 1. The van der Waals surface area contributed by atoms with Gasteiger partial charge >= 0.3 is 11.1 Å². The molecule has 0 N–H and O–H groups in total. The maximum atomic E-state index is 12.2. The molecule has 0 fully saturated rings. The summed E-state index contributed by atoms with van der Waals surface area (Å²) >= 11 is 3.35. The van der Waals surface area contributed by atoms with Gasteiger partial charge in [-0.1, -0.05) is 22.4 Å². The molecule has 0 saturated heterocycles. The summed E-state index contributed by atoms with van der Waals surface area (Å²) in [4.78, 5) is 34.6. The number of nitro benzene ring substituents is 1. The summed E-state index contributed by atoms with van der Waals surface area (Å²) in [6, 6.07) is 4.20. The van der Waals surface area contributed by atoms with Crippen LogP contribution in [0.3, 0.4) is 0 Å². The van der Waals surface area contributed by atoms with Crippen molar-refractivity contribution in [1.29, 1.82) is 0 Å². The van der Waals surface area contributed by atoms with Crippen LogP contribution in [0.25, 0.3) is 11.0 Å². The van der Waals surface area contributed by atoms with Gasteiger partial charge in [-0.05, 0) is 18.9 Å². The fourth-order valence-corrected chi connectivity index (χ4v) is 2.76. The number of benzene rings is 1. The van der Waals surface area contributed by atoms with Crippen LogP contribution in [-0.2, 0) is 13.6 Å². The first-order chi connectivity index (χ1) is 10.5. The highest BCUT2D eigenvalue weighted by Crippen LogP contribution is 2.19. The summed E-state index contributed by atoms with van der Waals surface area (Å²) in [5.41, 5.74) is -0.445. The Morgan fingerprint density at radius 1 is 1.14 bits per heavy atom. The Morgan fingerprint density at radius 2 is 1.86 bits per heavy atom. The Bertz CT molecular complexity index is 825. The van der Waals surface area contributed by atoms with Gasteiger partial charge in [0, 0.05) is 31.1 Å². The number of halogens is 1. The predicted octanol–water partition coefficient (Wildman–Crippen LogP) is 2.17. The molecule has 8 heteroatoms. The maximum absolute atomic E-state index is 12.2. The average molecular weight is 370 g/mol. The summed E-state index contributed by atoms with van der Waals surface area (Å²) in [5.74, 6) is 0. The van der Waals surface area contributed by atoms with E-state index < -0.39 is 16.0 Å². The van der Waals surface area contributed by atoms with Gasteiger partial charge in [0.1, 0.15) is 0 Å². The number of nitro groups is 1. The molecule has 1 aromatic carbocycles. The first-order valence-corrected chi connectivity index (χ1v) is 8.03. The lowest BCUT2D eigenvalue weighted by Crippen LogP contribution is -2.40. The van der Waals surface area contributed by atoms with Crippen molar-refractivity contribution >= 4 is 32.7 Å². The molecule has 0 atom stereocenters. The maximum Gasteiger partial charge on any atom is 0.316 e. The number of rotatable bonds is 6. The van der Waals surface area contributed by atoms with Crippen LogP contribution >= 0.6 is 15.9 Å². The van der Waals surface area contributed by atoms with Crippen molar-refractivity contribution in [1.82, 2.24) is 9.13 Å². The zero-order valence-electron chi connectivity index (χ0n) is 12.1. The van der Waals surface area contributed by atoms with E-state index >= 15 is 0 Å². The van der Waals surface area contributed by atoms with Gasteiger partial charge in [-0.2, -0.15) is 0 Å². The molecule has 0 aliphatic heterocycles. The molecule has 1 aromatic heterocycles. The van der Waals surface area contributed by atoms with Crippen molar-refractivity contribution in [3.63, 3.8) is 0 Å². The third kappa shape index (κ3) is 3.11. The molecule has 0 bridgehead atoms. The van der Waals surface area contributed by atoms with Crippen molar-refractivity contribution in [2.45, 2.75) is 25.8 Å². The number of nitrogens with zero attached hydrogens (tertiary/aromatic N) is 3. The summed E-state index contributed by atoms with van der Waals surface area (Å²) < 4.78 is 2.58. The highest BCUT2D eigenvalue weighted by atomic mass is 79.9. The van der Waals surface area contributed by atoms with E-state index in [-0.39, 0.29) is 5.69 Å².